The van der Waals surface area contributed by atoms with Crippen molar-refractivity contribution in [1.82, 2.24) is 4.90 Å². The maximum atomic E-state index is 11.0. The molecule has 1 N–H and O–H groups in total. The fraction of sp³-hybridized carbons (Fsp3) is 0.643. The number of furan rings is 1. The Bertz CT molecular complexity index is 407. The zero-order valence-corrected chi connectivity index (χ0v) is 11.1. The van der Waals surface area contributed by atoms with Crippen molar-refractivity contribution in [2.75, 3.05) is 6.54 Å². The summed E-state index contributed by atoms with van der Waals surface area (Å²) in [6.07, 6.45) is 5.08. The van der Waals surface area contributed by atoms with Crippen LogP contribution in [-0.4, -0.2) is 28.6 Å². The van der Waals surface area contributed by atoms with Crippen molar-refractivity contribution < 1.29 is 14.3 Å². The molecule has 1 heterocycles. The fourth-order valence-corrected chi connectivity index (χ4v) is 2.12. The number of hydrogen-bond donors (Lipinski definition) is 1. The molecule has 0 spiro atoms. The standard InChI is InChI=1S/C14H21NO3/c1-10(2)5-7-15(12-3-4-12)9-11-6-8-18-13(11)14(16)17/h6,8,10,12H,3-5,7,9H2,1-2H3,(H,16,17). The van der Waals surface area contributed by atoms with Gasteiger partial charge in [0.2, 0.25) is 5.76 Å². The van der Waals surface area contributed by atoms with Crippen molar-refractivity contribution in [1.29, 1.82) is 0 Å². The first-order valence-electron chi connectivity index (χ1n) is 6.61. The van der Waals surface area contributed by atoms with Gasteiger partial charge in [0.1, 0.15) is 0 Å². The maximum Gasteiger partial charge on any atom is 0.372 e. The number of carboxylic acid groups (broad SMARTS) is 1. The molecular formula is C14H21NO3. The molecule has 0 aromatic carbocycles. The highest BCUT2D eigenvalue weighted by Crippen LogP contribution is 2.29. The Balaban J connectivity index is 1.99. The third-order valence-corrected chi connectivity index (χ3v) is 3.37. The summed E-state index contributed by atoms with van der Waals surface area (Å²) in [6, 6.07) is 2.41. The van der Waals surface area contributed by atoms with Crippen molar-refractivity contribution in [3.63, 3.8) is 0 Å². The van der Waals surface area contributed by atoms with Crippen LogP contribution in [0.5, 0.6) is 0 Å². The van der Waals surface area contributed by atoms with E-state index >= 15 is 0 Å². The van der Waals surface area contributed by atoms with Gasteiger partial charge in [-0.3, -0.25) is 4.90 Å². The molecule has 1 aliphatic carbocycles. The van der Waals surface area contributed by atoms with E-state index in [9.17, 15) is 4.79 Å². The Morgan fingerprint density at radius 2 is 2.28 bits per heavy atom. The zero-order chi connectivity index (χ0) is 13.1. The zero-order valence-electron chi connectivity index (χ0n) is 11.1. The summed E-state index contributed by atoms with van der Waals surface area (Å²) in [5, 5.41) is 9.03. The van der Waals surface area contributed by atoms with E-state index in [1.165, 1.54) is 19.1 Å². The van der Waals surface area contributed by atoms with Crippen molar-refractivity contribution in [3.05, 3.63) is 23.7 Å². The summed E-state index contributed by atoms with van der Waals surface area (Å²) in [5.74, 6) is -0.214. The third kappa shape index (κ3) is 3.35. The van der Waals surface area contributed by atoms with E-state index in [0.29, 0.717) is 18.5 Å². The molecule has 100 valence electrons. The second-order valence-electron chi connectivity index (χ2n) is 5.46. The minimum atomic E-state index is -0.977. The molecule has 1 fully saturated rings. The van der Waals surface area contributed by atoms with Crippen LogP contribution in [0, 0.1) is 5.92 Å². The van der Waals surface area contributed by atoms with E-state index in [-0.39, 0.29) is 5.76 Å². The molecule has 2 rings (SSSR count). The summed E-state index contributed by atoms with van der Waals surface area (Å²) in [7, 11) is 0. The second-order valence-corrected chi connectivity index (χ2v) is 5.46. The molecular weight excluding hydrogens is 230 g/mol. The van der Waals surface area contributed by atoms with Crippen LogP contribution < -0.4 is 0 Å². The molecule has 18 heavy (non-hydrogen) atoms. The van der Waals surface area contributed by atoms with E-state index in [4.69, 9.17) is 9.52 Å². The molecule has 1 aromatic rings. The largest absolute Gasteiger partial charge is 0.475 e. The van der Waals surface area contributed by atoms with Crippen molar-refractivity contribution in [3.8, 4) is 0 Å². The number of carbonyl (C=O) groups is 1. The van der Waals surface area contributed by atoms with Crippen LogP contribution in [-0.2, 0) is 6.54 Å². The second kappa shape index (κ2) is 5.57. The SMILES string of the molecule is CC(C)CCN(Cc1ccoc1C(=O)O)C1CC1. The highest BCUT2D eigenvalue weighted by atomic mass is 16.4. The normalized spacial score (nSPS) is 15.6. The van der Waals surface area contributed by atoms with Crippen LogP contribution in [0.3, 0.4) is 0 Å². The average Bonchev–Trinajstić information content (AvgIpc) is 3.03. The van der Waals surface area contributed by atoms with Crippen molar-refractivity contribution in [2.45, 2.75) is 45.7 Å². The fourth-order valence-electron chi connectivity index (χ4n) is 2.12. The van der Waals surface area contributed by atoms with Crippen LogP contribution >= 0.6 is 0 Å². The Morgan fingerprint density at radius 3 is 2.83 bits per heavy atom. The van der Waals surface area contributed by atoms with Gasteiger partial charge in [0, 0.05) is 18.2 Å². The summed E-state index contributed by atoms with van der Waals surface area (Å²) in [5.41, 5.74) is 0.790. The smallest absolute Gasteiger partial charge is 0.372 e. The number of aromatic carboxylic acids is 1. The molecule has 1 saturated carbocycles. The highest BCUT2D eigenvalue weighted by molar-refractivity contribution is 5.86. The predicted octanol–water partition coefficient (Wildman–Crippen LogP) is 2.99. The Kier molecular flexibility index (Phi) is 4.07. The molecule has 0 amide bonds. The number of rotatable bonds is 7. The minimum Gasteiger partial charge on any atom is -0.475 e. The van der Waals surface area contributed by atoms with E-state index in [2.05, 4.69) is 18.7 Å². The monoisotopic (exact) mass is 251 g/mol. The lowest BCUT2D eigenvalue weighted by molar-refractivity contribution is 0.0658. The molecule has 0 bridgehead atoms. The molecule has 0 atom stereocenters. The number of nitrogens with zero attached hydrogens (tertiary/aromatic N) is 1. The molecule has 4 heteroatoms. The first kappa shape index (κ1) is 13.1. The van der Waals surface area contributed by atoms with Gasteiger partial charge < -0.3 is 9.52 Å². The van der Waals surface area contributed by atoms with Crippen LogP contribution in [0.1, 0.15) is 49.2 Å². The van der Waals surface area contributed by atoms with Gasteiger partial charge in [-0.25, -0.2) is 4.79 Å². The van der Waals surface area contributed by atoms with Gasteiger partial charge in [0.25, 0.3) is 0 Å². The first-order chi connectivity index (χ1) is 8.58. The van der Waals surface area contributed by atoms with Gasteiger partial charge in [-0.15, -0.1) is 0 Å². The van der Waals surface area contributed by atoms with Crippen LogP contribution in [0.25, 0.3) is 0 Å². The predicted molar refractivity (Wildman–Crippen MR) is 68.6 cm³/mol. The summed E-state index contributed by atoms with van der Waals surface area (Å²) in [4.78, 5) is 13.4. The van der Waals surface area contributed by atoms with Crippen LogP contribution in [0.4, 0.5) is 0 Å². The van der Waals surface area contributed by atoms with Gasteiger partial charge in [-0.05, 0) is 37.8 Å². The molecule has 0 unspecified atom stereocenters. The maximum absolute atomic E-state index is 11.0. The van der Waals surface area contributed by atoms with E-state index in [0.717, 1.165) is 18.5 Å². The Morgan fingerprint density at radius 1 is 1.56 bits per heavy atom. The lowest BCUT2D eigenvalue weighted by Crippen LogP contribution is -2.28. The molecule has 1 aliphatic rings. The Hall–Kier alpha value is -1.29. The lowest BCUT2D eigenvalue weighted by Gasteiger charge is -2.22. The van der Waals surface area contributed by atoms with E-state index < -0.39 is 5.97 Å². The van der Waals surface area contributed by atoms with E-state index in [1.807, 2.05) is 0 Å². The van der Waals surface area contributed by atoms with Crippen molar-refractivity contribution >= 4 is 5.97 Å². The van der Waals surface area contributed by atoms with Gasteiger partial charge in [-0.1, -0.05) is 13.8 Å². The van der Waals surface area contributed by atoms with Gasteiger partial charge in [0.15, 0.2) is 0 Å². The van der Waals surface area contributed by atoms with Gasteiger partial charge >= 0.3 is 5.97 Å². The molecule has 4 nitrogen and oxygen atoms in total. The lowest BCUT2D eigenvalue weighted by atomic mass is 10.1. The quantitative estimate of drug-likeness (QED) is 0.809. The molecule has 1 aromatic heterocycles. The van der Waals surface area contributed by atoms with Crippen LogP contribution in [0.2, 0.25) is 0 Å². The molecule has 0 aliphatic heterocycles. The summed E-state index contributed by atoms with van der Waals surface area (Å²) in [6.45, 7) is 6.15. The third-order valence-electron chi connectivity index (χ3n) is 3.37. The highest BCUT2D eigenvalue weighted by Gasteiger charge is 2.30. The number of hydrogen-bond acceptors (Lipinski definition) is 3. The summed E-state index contributed by atoms with van der Waals surface area (Å²) >= 11 is 0. The summed E-state index contributed by atoms with van der Waals surface area (Å²) < 4.78 is 5.03. The first-order valence-corrected chi connectivity index (χ1v) is 6.61. The van der Waals surface area contributed by atoms with E-state index in [1.54, 1.807) is 6.07 Å². The molecule has 0 saturated heterocycles. The topological polar surface area (TPSA) is 53.7 Å². The van der Waals surface area contributed by atoms with Crippen LogP contribution in [0.15, 0.2) is 16.7 Å². The van der Waals surface area contributed by atoms with Crippen molar-refractivity contribution in [2.24, 2.45) is 5.92 Å². The van der Waals surface area contributed by atoms with Gasteiger partial charge in [-0.2, -0.15) is 0 Å². The Labute approximate surface area is 108 Å². The average molecular weight is 251 g/mol. The minimum absolute atomic E-state index is 0.0881. The van der Waals surface area contributed by atoms with Gasteiger partial charge in [0.05, 0.1) is 6.26 Å². The number of carboxylic acids is 1. The molecule has 0 radical (unpaired) electrons.